The zero-order valence-corrected chi connectivity index (χ0v) is 22.0. The van der Waals surface area contributed by atoms with Gasteiger partial charge < -0.3 is 14.4 Å². The van der Waals surface area contributed by atoms with E-state index in [0.29, 0.717) is 24.3 Å². The molecule has 0 aliphatic carbocycles. The topological polar surface area (TPSA) is 97.8 Å². The third kappa shape index (κ3) is 7.79. The number of para-hydroxylation sites is 1. The van der Waals surface area contributed by atoms with Crippen LogP contribution in [-0.2, 0) is 32.3 Å². The number of nitrogens with one attached hydrogen (secondary N) is 1. The lowest BCUT2D eigenvalue weighted by Crippen LogP contribution is -2.28. The maximum Gasteiger partial charge on any atom is 0.433 e. The van der Waals surface area contributed by atoms with E-state index in [-0.39, 0.29) is 30.3 Å². The summed E-state index contributed by atoms with van der Waals surface area (Å²) in [4.78, 5) is 18.3. The molecule has 1 aliphatic heterocycles. The van der Waals surface area contributed by atoms with E-state index in [1.165, 1.54) is 29.2 Å². The number of amides is 1. The summed E-state index contributed by atoms with van der Waals surface area (Å²) < 4.78 is 90.3. The molecule has 2 heterocycles. The van der Waals surface area contributed by atoms with Gasteiger partial charge in [0.05, 0.1) is 31.7 Å². The minimum Gasteiger partial charge on any atom is -0.471 e. The summed E-state index contributed by atoms with van der Waals surface area (Å²) in [5.74, 6) is -1.66. The lowest BCUT2D eigenvalue weighted by Gasteiger charge is -2.22. The van der Waals surface area contributed by atoms with Gasteiger partial charge in [0.1, 0.15) is 17.6 Å². The fourth-order valence-electron chi connectivity index (χ4n) is 3.87. The molecule has 0 spiro atoms. The first kappa shape index (κ1) is 29.0. The van der Waals surface area contributed by atoms with Crippen molar-refractivity contribution in [1.29, 1.82) is 0 Å². The Morgan fingerprint density at radius 3 is 2.55 bits per heavy atom. The molecule has 1 aromatic heterocycles. The number of carbonyl (C=O) groups excluding carboxylic acids is 1. The first-order valence-electron chi connectivity index (χ1n) is 12.0. The molecule has 0 saturated carbocycles. The van der Waals surface area contributed by atoms with Gasteiger partial charge in [-0.15, -0.1) is 0 Å². The number of carbonyl (C=O) groups is 1. The Morgan fingerprint density at radius 1 is 1.18 bits per heavy atom. The van der Waals surface area contributed by atoms with E-state index in [4.69, 9.17) is 9.47 Å². The molecule has 1 fully saturated rings. The monoisotopic (exact) mass is 579 g/mol. The highest BCUT2D eigenvalue weighted by Gasteiger charge is 2.33. The molecule has 1 aliphatic rings. The highest BCUT2D eigenvalue weighted by molar-refractivity contribution is 7.92. The molecule has 0 radical (unpaired) electrons. The predicted molar refractivity (Wildman–Crippen MR) is 141 cm³/mol. The fraction of sp³-hybridized carbons (Fsp3) is 0.259. The second-order valence-electron chi connectivity index (χ2n) is 8.97. The van der Waals surface area contributed by atoms with Crippen LogP contribution in [-0.4, -0.2) is 44.9 Å². The van der Waals surface area contributed by atoms with E-state index < -0.39 is 39.7 Å². The Bertz CT molecular complexity index is 1490. The van der Waals surface area contributed by atoms with Crippen molar-refractivity contribution in [2.75, 3.05) is 29.1 Å². The summed E-state index contributed by atoms with van der Waals surface area (Å²) in [5.41, 5.74) is -0.376. The van der Waals surface area contributed by atoms with Gasteiger partial charge in [0.25, 0.3) is 5.91 Å². The highest BCUT2D eigenvalue weighted by atomic mass is 32.2. The largest absolute Gasteiger partial charge is 0.471 e. The molecule has 1 saturated heterocycles. The van der Waals surface area contributed by atoms with Crippen molar-refractivity contribution >= 4 is 33.4 Å². The zero-order valence-electron chi connectivity index (χ0n) is 21.2. The molecule has 212 valence electrons. The van der Waals surface area contributed by atoms with E-state index in [1.54, 1.807) is 30.3 Å². The van der Waals surface area contributed by atoms with E-state index in [9.17, 15) is 30.8 Å². The van der Waals surface area contributed by atoms with Gasteiger partial charge >= 0.3 is 6.18 Å². The third-order valence-electron chi connectivity index (χ3n) is 5.76. The summed E-state index contributed by atoms with van der Waals surface area (Å²) >= 11 is 0. The molecule has 4 rings (SSSR count). The predicted octanol–water partition coefficient (Wildman–Crippen LogP) is 5.03. The van der Waals surface area contributed by atoms with Gasteiger partial charge in [-0.05, 0) is 48.0 Å². The lowest BCUT2D eigenvalue weighted by molar-refractivity contribution is -0.141. The van der Waals surface area contributed by atoms with Crippen molar-refractivity contribution in [3.8, 4) is 5.88 Å². The number of halogens is 4. The van der Waals surface area contributed by atoms with Gasteiger partial charge in [0.2, 0.25) is 15.9 Å². The summed E-state index contributed by atoms with van der Waals surface area (Å²) in [6.07, 6.45) is -1.33. The van der Waals surface area contributed by atoms with Gasteiger partial charge in [0, 0.05) is 23.7 Å². The van der Waals surface area contributed by atoms with Crippen molar-refractivity contribution in [1.82, 2.24) is 4.98 Å². The molecule has 40 heavy (non-hydrogen) atoms. The molecule has 0 bridgehead atoms. The van der Waals surface area contributed by atoms with Crippen LogP contribution in [0, 0.1) is 5.82 Å². The van der Waals surface area contributed by atoms with Crippen molar-refractivity contribution in [3.05, 3.63) is 89.4 Å². The molecule has 13 heteroatoms. The number of hydrogen-bond donors (Lipinski definition) is 1. The number of hydrogen-bond acceptors (Lipinski definition) is 6. The Hall–Kier alpha value is -3.97. The fourth-order valence-corrected chi connectivity index (χ4v) is 4.44. The Morgan fingerprint density at radius 2 is 1.93 bits per heavy atom. The van der Waals surface area contributed by atoms with Gasteiger partial charge in [0.15, 0.2) is 0 Å². The first-order valence-corrected chi connectivity index (χ1v) is 13.9. The quantitative estimate of drug-likeness (QED) is 0.282. The number of anilines is 2. The van der Waals surface area contributed by atoms with Crippen LogP contribution in [0.4, 0.5) is 28.9 Å². The summed E-state index contributed by atoms with van der Waals surface area (Å²) in [6.45, 7) is 0.527. The van der Waals surface area contributed by atoms with Crippen molar-refractivity contribution in [3.63, 3.8) is 0 Å². The van der Waals surface area contributed by atoms with Crippen LogP contribution in [0.15, 0.2) is 66.7 Å². The summed E-state index contributed by atoms with van der Waals surface area (Å²) in [5, 5.41) is 0. The number of rotatable bonds is 9. The van der Waals surface area contributed by atoms with E-state index in [2.05, 4.69) is 9.71 Å². The standard InChI is InChI=1S/C27H25F4N3O5S/c1-40(36,37)33-23-10-7-18(15-22(23)28)16-34(20-5-3-2-4-6-20)25(35)12-9-19-8-11-24(27(29,30)31)32-26(19)39-21-13-14-38-17-21/h2-12,15,21,33H,13-14,16-17H2,1H3. The summed E-state index contributed by atoms with van der Waals surface area (Å²) in [6, 6.07) is 14.3. The second-order valence-corrected chi connectivity index (χ2v) is 10.7. The highest BCUT2D eigenvalue weighted by Crippen LogP contribution is 2.31. The SMILES string of the molecule is CS(=O)(=O)Nc1ccc(CN(C(=O)C=Cc2ccc(C(F)(F)F)nc2OC2CCOC2)c2ccccc2)cc1F. The molecule has 1 amide bonds. The average molecular weight is 580 g/mol. The molecule has 3 aromatic rings. The smallest absolute Gasteiger partial charge is 0.433 e. The van der Waals surface area contributed by atoms with Crippen LogP contribution in [0.2, 0.25) is 0 Å². The molecule has 1 N–H and O–H groups in total. The minimum atomic E-state index is -4.69. The maximum absolute atomic E-state index is 14.6. The van der Waals surface area contributed by atoms with Crippen molar-refractivity contribution in [2.45, 2.75) is 25.2 Å². The molecule has 8 nitrogen and oxygen atoms in total. The van der Waals surface area contributed by atoms with Gasteiger partial charge in [-0.1, -0.05) is 24.3 Å². The molecule has 1 unspecified atom stereocenters. The molecular weight excluding hydrogens is 554 g/mol. The third-order valence-corrected chi connectivity index (χ3v) is 6.35. The Balaban J connectivity index is 1.61. The van der Waals surface area contributed by atoms with E-state index in [1.807, 2.05) is 0 Å². The molecule has 2 aromatic carbocycles. The number of sulfonamides is 1. The molecular formula is C27H25F4N3O5S. The van der Waals surface area contributed by atoms with E-state index in [0.717, 1.165) is 24.5 Å². The Kier molecular flexibility index (Phi) is 8.74. The maximum atomic E-state index is 14.6. The van der Waals surface area contributed by atoms with Gasteiger partial charge in [-0.25, -0.2) is 17.8 Å². The number of pyridine rings is 1. The molecule has 1 atom stereocenters. The van der Waals surface area contributed by atoms with Gasteiger partial charge in [-0.2, -0.15) is 13.2 Å². The van der Waals surface area contributed by atoms with Crippen LogP contribution in [0.1, 0.15) is 23.2 Å². The van der Waals surface area contributed by atoms with Crippen molar-refractivity contribution < 1.29 is 40.2 Å². The van der Waals surface area contributed by atoms with Gasteiger partial charge in [-0.3, -0.25) is 9.52 Å². The first-order chi connectivity index (χ1) is 18.9. The Labute approximate surface area is 228 Å². The van der Waals surface area contributed by atoms with Crippen molar-refractivity contribution in [2.24, 2.45) is 0 Å². The van der Waals surface area contributed by atoms with Crippen LogP contribution < -0.4 is 14.4 Å². The lowest BCUT2D eigenvalue weighted by atomic mass is 10.1. The number of nitrogens with zero attached hydrogens (tertiary/aromatic N) is 2. The number of benzene rings is 2. The number of ether oxygens (including phenoxy) is 2. The second kappa shape index (κ2) is 12.0. The number of alkyl halides is 3. The zero-order chi connectivity index (χ0) is 28.9. The normalized spacial score (nSPS) is 15.8. The average Bonchev–Trinajstić information content (AvgIpc) is 3.40. The number of aromatic nitrogens is 1. The van der Waals surface area contributed by atoms with Crippen LogP contribution in [0.25, 0.3) is 6.08 Å². The van der Waals surface area contributed by atoms with Crippen LogP contribution >= 0.6 is 0 Å². The summed E-state index contributed by atoms with van der Waals surface area (Å²) in [7, 11) is -3.70. The van der Waals surface area contributed by atoms with E-state index >= 15 is 0 Å². The van der Waals surface area contributed by atoms with Crippen LogP contribution in [0.3, 0.4) is 0 Å². The van der Waals surface area contributed by atoms with Crippen LogP contribution in [0.5, 0.6) is 5.88 Å². The minimum absolute atomic E-state index is 0.0860.